The lowest BCUT2D eigenvalue weighted by Gasteiger charge is -2.38. The SMILES string of the molecule is COC(=O)C1(C(=O)OC)Cc2c(C)c(C)c(B3Nc4cccc5cccc(c45)N3CC#C[Si](C)(C)C)c(C)c2C1. The summed E-state index contributed by atoms with van der Waals surface area (Å²) >= 11 is 0. The third-order valence-electron chi connectivity index (χ3n) is 8.53. The van der Waals surface area contributed by atoms with Gasteiger partial charge in [0, 0.05) is 29.6 Å². The Morgan fingerprint density at radius 3 is 2.15 bits per heavy atom. The second kappa shape index (κ2) is 10.0. The van der Waals surface area contributed by atoms with Gasteiger partial charge in [-0.2, -0.15) is 0 Å². The first kappa shape index (κ1) is 27.9. The number of fused-ring (bicyclic) bond motifs is 1. The molecule has 0 bridgehead atoms. The van der Waals surface area contributed by atoms with Crippen LogP contribution in [0.15, 0.2) is 36.4 Å². The number of carbonyl (C=O) groups is 2. The van der Waals surface area contributed by atoms with Crippen LogP contribution in [0, 0.1) is 37.7 Å². The highest BCUT2D eigenvalue weighted by Crippen LogP contribution is 2.43. The van der Waals surface area contributed by atoms with Gasteiger partial charge >= 0.3 is 18.9 Å². The average Bonchev–Trinajstić information content (AvgIpc) is 3.35. The lowest BCUT2D eigenvalue weighted by molar-refractivity contribution is -0.168. The minimum absolute atomic E-state index is 0.174. The van der Waals surface area contributed by atoms with Gasteiger partial charge in [-0.25, -0.2) is 0 Å². The first-order valence-electron chi connectivity index (χ1n) is 13.8. The van der Waals surface area contributed by atoms with Crippen LogP contribution in [0.2, 0.25) is 19.6 Å². The third-order valence-corrected chi connectivity index (χ3v) is 9.46. The fraction of sp³-hybridized carbons (Fsp3) is 0.375. The van der Waals surface area contributed by atoms with Crippen LogP contribution in [0.4, 0.5) is 11.4 Å². The fourth-order valence-electron chi connectivity index (χ4n) is 6.48. The van der Waals surface area contributed by atoms with E-state index in [4.69, 9.17) is 9.47 Å². The van der Waals surface area contributed by atoms with Gasteiger partial charge in [-0.05, 0) is 71.6 Å². The Morgan fingerprint density at radius 2 is 1.55 bits per heavy atom. The van der Waals surface area contributed by atoms with E-state index < -0.39 is 25.4 Å². The summed E-state index contributed by atoms with van der Waals surface area (Å²) in [6, 6.07) is 12.8. The van der Waals surface area contributed by atoms with Gasteiger partial charge in [0.2, 0.25) is 0 Å². The van der Waals surface area contributed by atoms with Gasteiger partial charge in [0.1, 0.15) is 8.07 Å². The van der Waals surface area contributed by atoms with Crippen molar-refractivity contribution >= 4 is 54.6 Å². The molecular weight excluding hydrogens is 515 g/mol. The highest BCUT2D eigenvalue weighted by atomic mass is 28.3. The number of carbonyl (C=O) groups excluding carboxylic acids is 2. The van der Waals surface area contributed by atoms with E-state index in [1.54, 1.807) is 0 Å². The van der Waals surface area contributed by atoms with Crippen molar-refractivity contribution in [3.63, 3.8) is 0 Å². The maximum Gasteiger partial charge on any atom is 0.410 e. The standard InChI is InChI=1S/C32H37BN2O4Si/c1-20-21(2)29(22(3)25-19-32(18-24(20)25,30(36)38-4)31(37)39-5)33-34-26-14-9-12-23-13-10-15-27(28(23)26)35(33)16-11-17-40(6,7)8/h9-10,12-15,34H,16,18-19H2,1-8H3. The van der Waals surface area contributed by atoms with Crippen LogP contribution < -0.4 is 15.5 Å². The Labute approximate surface area is 238 Å². The molecule has 3 aromatic rings. The Hall–Kier alpha value is -3.70. The summed E-state index contributed by atoms with van der Waals surface area (Å²) in [5.74, 6) is 2.41. The molecule has 0 unspecified atom stereocenters. The van der Waals surface area contributed by atoms with Crippen LogP contribution in [0.5, 0.6) is 0 Å². The Kier molecular flexibility index (Phi) is 7.00. The maximum atomic E-state index is 13.0. The van der Waals surface area contributed by atoms with E-state index in [9.17, 15) is 9.59 Å². The van der Waals surface area contributed by atoms with Crippen LogP contribution in [0.3, 0.4) is 0 Å². The number of ether oxygens (including phenoxy) is 2. The second-order valence-corrected chi connectivity index (χ2v) is 16.8. The van der Waals surface area contributed by atoms with E-state index in [2.05, 4.69) is 98.3 Å². The van der Waals surface area contributed by atoms with E-state index in [0.29, 0.717) is 6.54 Å². The minimum atomic E-state index is -1.56. The van der Waals surface area contributed by atoms with Crippen molar-refractivity contribution in [2.45, 2.75) is 53.3 Å². The molecule has 1 N–H and O–H groups in total. The minimum Gasteiger partial charge on any atom is -0.468 e. The van der Waals surface area contributed by atoms with Crippen molar-refractivity contribution in [3.8, 4) is 11.5 Å². The van der Waals surface area contributed by atoms with Crippen molar-refractivity contribution in [1.82, 2.24) is 0 Å². The molecule has 0 amide bonds. The first-order valence-corrected chi connectivity index (χ1v) is 17.3. The van der Waals surface area contributed by atoms with Gasteiger partial charge in [-0.15, -0.1) is 5.54 Å². The number of methoxy groups -OCH3 is 2. The maximum absolute atomic E-state index is 13.0. The molecule has 8 heteroatoms. The number of esters is 2. The summed E-state index contributed by atoms with van der Waals surface area (Å²) in [4.78, 5) is 28.4. The molecule has 0 fully saturated rings. The molecule has 0 spiro atoms. The van der Waals surface area contributed by atoms with Crippen LogP contribution in [0.1, 0.15) is 27.8 Å². The van der Waals surface area contributed by atoms with Crippen LogP contribution in [-0.2, 0) is 31.9 Å². The molecule has 2 aliphatic rings. The zero-order valence-electron chi connectivity index (χ0n) is 24.7. The van der Waals surface area contributed by atoms with Gasteiger partial charge in [-0.3, -0.25) is 9.59 Å². The first-order chi connectivity index (χ1) is 18.9. The van der Waals surface area contributed by atoms with Gasteiger partial charge in [0.05, 0.1) is 20.8 Å². The monoisotopic (exact) mass is 552 g/mol. The molecule has 5 rings (SSSR count). The van der Waals surface area contributed by atoms with E-state index in [-0.39, 0.29) is 19.8 Å². The number of nitrogens with one attached hydrogen (secondary N) is 1. The van der Waals surface area contributed by atoms with E-state index in [1.807, 2.05) is 0 Å². The normalized spacial score (nSPS) is 15.2. The molecule has 1 aliphatic carbocycles. The molecular formula is C32H37BN2O4Si. The van der Waals surface area contributed by atoms with Crippen molar-refractivity contribution in [2.24, 2.45) is 5.41 Å². The number of hydrogen-bond donors (Lipinski definition) is 1. The molecule has 1 heterocycles. The third kappa shape index (κ3) is 4.37. The largest absolute Gasteiger partial charge is 0.468 e. The predicted molar refractivity (Wildman–Crippen MR) is 166 cm³/mol. The Bertz CT molecular complexity index is 1590. The molecule has 40 heavy (non-hydrogen) atoms. The van der Waals surface area contributed by atoms with Gasteiger partial charge in [0.15, 0.2) is 5.41 Å². The Morgan fingerprint density at radius 1 is 0.950 bits per heavy atom. The molecule has 206 valence electrons. The smallest absolute Gasteiger partial charge is 0.410 e. The van der Waals surface area contributed by atoms with Crippen molar-refractivity contribution in [3.05, 3.63) is 64.2 Å². The van der Waals surface area contributed by atoms with Gasteiger partial charge in [-0.1, -0.05) is 49.8 Å². The molecule has 1 aliphatic heterocycles. The summed E-state index contributed by atoms with van der Waals surface area (Å²) < 4.78 is 10.3. The molecule has 0 saturated heterocycles. The summed E-state index contributed by atoms with van der Waals surface area (Å²) in [6.07, 6.45) is 0.539. The lowest BCUT2D eigenvalue weighted by Crippen LogP contribution is -2.58. The average molecular weight is 553 g/mol. The van der Waals surface area contributed by atoms with E-state index >= 15 is 0 Å². The van der Waals surface area contributed by atoms with Crippen LogP contribution >= 0.6 is 0 Å². The van der Waals surface area contributed by atoms with Crippen LogP contribution in [0.25, 0.3) is 10.8 Å². The van der Waals surface area contributed by atoms with Crippen LogP contribution in [-0.4, -0.2) is 47.8 Å². The second-order valence-electron chi connectivity index (χ2n) is 12.1. The number of rotatable bonds is 4. The predicted octanol–water partition coefficient (Wildman–Crippen LogP) is 4.70. The van der Waals surface area contributed by atoms with Gasteiger partial charge in [0.25, 0.3) is 0 Å². The number of hydrogen-bond acceptors (Lipinski definition) is 6. The van der Waals surface area contributed by atoms with Crippen molar-refractivity contribution < 1.29 is 19.1 Å². The number of nitrogens with zero attached hydrogens (tertiary/aromatic N) is 1. The van der Waals surface area contributed by atoms with E-state index in [1.165, 1.54) is 25.0 Å². The van der Waals surface area contributed by atoms with Gasteiger partial charge < -0.3 is 19.5 Å². The quantitative estimate of drug-likeness (QED) is 0.219. The van der Waals surface area contributed by atoms with Crippen molar-refractivity contribution in [2.75, 3.05) is 30.8 Å². The zero-order chi connectivity index (χ0) is 29.0. The summed E-state index contributed by atoms with van der Waals surface area (Å²) in [5.41, 5.74) is 11.0. The molecule has 0 atom stereocenters. The van der Waals surface area contributed by atoms with E-state index in [0.717, 1.165) is 44.7 Å². The van der Waals surface area contributed by atoms with Crippen molar-refractivity contribution in [1.29, 1.82) is 0 Å². The summed E-state index contributed by atoms with van der Waals surface area (Å²) in [6.45, 7) is 13.5. The highest BCUT2D eigenvalue weighted by molar-refractivity contribution is 6.84. The molecule has 0 saturated carbocycles. The molecule has 3 aromatic carbocycles. The topological polar surface area (TPSA) is 67.9 Å². The molecule has 0 radical (unpaired) electrons. The Balaban J connectivity index is 1.69. The lowest BCUT2D eigenvalue weighted by atomic mass is 9.59. The summed E-state index contributed by atoms with van der Waals surface area (Å²) in [5, 5.41) is 6.23. The fourth-order valence-corrected chi connectivity index (χ4v) is 7.09. The number of anilines is 2. The molecule has 0 aromatic heterocycles. The summed E-state index contributed by atoms with van der Waals surface area (Å²) in [7, 11) is 1.10. The zero-order valence-corrected chi connectivity index (χ0v) is 25.7. The highest BCUT2D eigenvalue weighted by Gasteiger charge is 2.54. The number of benzene rings is 3. The molecule has 6 nitrogen and oxygen atoms in total.